The molecule has 1 aromatic heterocycles. The molecule has 104 valence electrons. The fourth-order valence-electron chi connectivity index (χ4n) is 2.36. The van der Waals surface area contributed by atoms with Gasteiger partial charge in [-0.25, -0.2) is 9.13 Å². The van der Waals surface area contributed by atoms with Crippen LogP contribution in [-0.4, -0.2) is 4.57 Å². The summed E-state index contributed by atoms with van der Waals surface area (Å²) in [6.45, 7) is 5.82. The molecule has 0 N–H and O–H groups in total. The third kappa shape index (κ3) is 7.52. The van der Waals surface area contributed by atoms with Crippen LogP contribution in [0.3, 0.4) is 0 Å². The molecule has 0 aromatic carbocycles. The van der Waals surface area contributed by atoms with E-state index in [4.69, 9.17) is 0 Å². The van der Waals surface area contributed by atoms with E-state index in [-0.39, 0.29) is 0 Å². The van der Waals surface area contributed by atoms with Crippen molar-refractivity contribution in [3.63, 3.8) is 0 Å². The highest BCUT2D eigenvalue weighted by atomic mass is 15.1. The maximum atomic E-state index is 2.32. The molecule has 0 unspecified atom stereocenters. The van der Waals surface area contributed by atoms with Crippen molar-refractivity contribution in [2.45, 2.75) is 71.8 Å². The van der Waals surface area contributed by atoms with Gasteiger partial charge in [0, 0.05) is 0 Å². The molecule has 2 nitrogen and oxygen atoms in total. The van der Waals surface area contributed by atoms with Gasteiger partial charge in [0.15, 0.2) is 0 Å². The van der Waals surface area contributed by atoms with Crippen LogP contribution in [-0.2, 0) is 13.6 Å². The standard InChI is InChI=1S/C16H31N2/c1-16(2)11-9-7-5-4-6-8-10-12-18-14-13-17(3)15-18/h13-16H,4-12H2,1-3H3/q+1. The summed E-state index contributed by atoms with van der Waals surface area (Å²) in [6.07, 6.45) is 17.7. The van der Waals surface area contributed by atoms with Crippen LogP contribution in [0.25, 0.3) is 0 Å². The molecule has 0 radical (unpaired) electrons. The van der Waals surface area contributed by atoms with E-state index in [9.17, 15) is 0 Å². The van der Waals surface area contributed by atoms with Crippen molar-refractivity contribution in [1.82, 2.24) is 4.57 Å². The van der Waals surface area contributed by atoms with Gasteiger partial charge in [-0.2, -0.15) is 0 Å². The number of rotatable bonds is 10. The molecule has 0 atom stereocenters. The molecular weight excluding hydrogens is 220 g/mol. The second-order valence-electron chi connectivity index (χ2n) is 5.97. The highest BCUT2D eigenvalue weighted by molar-refractivity contribution is 4.65. The zero-order chi connectivity index (χ0) is 13.2. The lowest BCUT2D eigenvalue weighted by molar-refractivity contribution is -0.671. The number of hydrogen-bond acceptors (Lipinski definition) is 0. The molecule has 0 fully saturated rings. The molecule has 0 aliphatic carbocycles. The summed E-state index contributed by atoms with van der Waals surface area (Å²) in [5, 5.41) is 0. The van der Waals surface area contributed by atoms with Crippen molar-refractivity contribution in [3.8, 4) is 0 Å². The Morgan fingerprint density at radius 1 is 0.944 bits per heavy atom. The number of aromatic nitrogens is 2. The van der Waals surface area contributed by atoms with E-state index in [2.05, 4.69) is 48.8 Å². The Bertz CT molecular complexity index is 302. The fourth-order valence-corrected chi connectivity index (χ4v) is 2.36. The van der Waals surface area contributed by atoms with Crippen molar-refractivity contribution in [2.24, 2.45) is 13.0 Å². The lowest BCUT2D eigenvalue weighted by Gasteiger charge is -2.04. The molecule has 1 heterocycles. The zero-order valence-corrected chi connectivity index (χ0v) is 12.6. The van der Waals surface area contributed by atoms with E-state index in [0.29, 0.717) is 0 Å². The lowest BCUT2D eigenvalue weighted by atomic mass is 10.0. The first kappa shape index (κ1) is 15.3. The van der Waals surface area contributed by atoms with Crippen LogP contribution in [0, 0.1) is 5.92 Å². The van der Waals surface area contributed by atoms with Gasteiger partial charge in [-0.1, -0.05) is 52.4 Å². The van der Waals surface area contributed by atoms with Gasteiger partial charge in [0.2, 0.25) is 6.33 Å². The monoisotopic (exact) mass is 251 g/mol. The number of imidazole rings is 1. The Morgan fingerprint density at radius 2 is 1.56 bits per heavy atom. The molecule has 0 aliphatic rings. The number of aryl methyl sites for hydroxylation is 2. The third-order valence-electron chi connectivity index (χ3n) is 3.52. The maximum absolute atomic E-state index is 2.32. The predicted molar refractivity (Wildman–Crippen MR) is 77.4 cm³/mol. The molecule has 0 spiro atoms. The minimum absolute atomic E-state index is 0.882. The number of hydrogen-bond donors (Lipinski definition) is 0. The lowest BCUT2D eigenvalue weighted by Crippen LogP contribution is -2.23. The second-order valence-corrected chi connectivity index (χ2v) is 5.97. The van der Waals surface area contributed by atoms with E-state index in [1.54, 1.807) is 0 Å². The van der Waals surface area contributed by atoms with Crippen molar-refractivity contribution < 1.29 is 4.57 Å². The molecule has 0 saturated heterocycles. The largest absolute Gasteiger partial charge is 0.243 e. The van der Waals surface area contributed by atoms with Crippen LogP contribution in [0.2, 0.25) is 0 Å². The normalized spacial score (nSPS) is 11.3. The van der Waals surface area contributed by atoms with E-state index in [1.165, 1.54) is 57.9 Å². The molecule has 18 heavy (non-hydrogen) atoms. The summed E-state index contributed by atoms with van der Waals surface area (Å²) in [5.41, 5.74) is 0. The van der Waals surface area contributed by atoms with Crippen LogP contribution in [0.4, 0.5) is 0 Å². The third-order valence-corrected chi connectivity index (χ3v) is 3.52. The van der Waals surface area contributed by atoms with Gasteiger partial charge in [0.25, 0.3) is 0 Å². The minimum atomic E-state index is 0.882. The molecule has 0 amide bonds. The molecule has 0 aliphatic heterocycles. The smallest absolute Gasteiger partial charge is 0.240 e. The van der Waals surface area contributed by atoms with E-state index in [0.717, 1.165) is 5.92 Å². The first-order valence-electron chi connectivity index (χ1n) is 7.69. The second kappa shape index (κ2) is 9.18. The Labute approximate surface area is 113 Å². The van der Waals surface area contributed by atoms with Gasteiger partial charge in [-0.3, -0.25) is 0 Å². The van der Waals surface area contributed by atoms with Crippen LogP contribution in [0.1, 0.15) is 65.2 Å². The zero-order valence-electron chi connectivity index (χ0n) is 12.6. The first-order chi connectivity index (χ1) is 8.68. The topological polar surface area (TPSA) is 8.81 Å². The molecule has 0 bridgehead atoms. The van der Waals surface area contributed by atoms with Gasteiger partial charge >= 0.3 is 0 Å². The van der Waals surface area contributed by atoms with Crippen molar-refractivity contribution in [1.29, 1.82) is 0 Å². The summed E-state index contributed by atoms with van der Waals surface area (Å²) in [6, 6.07) is 0. The Kier molecular flexibility index (Phi) is 7.79. The van der Waals surface area contributed by atoms with Crippen LogP contribution < -0.4 is 4.57 Å². The summed E-state index contributed by atoms with van der Waals surface area (Å²) >= 11 is 0. The van der Waals surface area contributed by atoms with Crippen LogP contribution >= 0.6 is 0 Å². The van der Waals surface area contributed by atoms with Crippen molar-refractivity contribution >= 4 is 0 Å². The first-order valence-corrected chi connectivity index (χ1v) is 7.69. The Balaban J connectivity index is 1.84. The van der Waals surface area contributed by atoms with Gasteiger partial charge in [-0.15, -0.1) is 0 Å². The number of nitrogens with zero attached hydrogens (tertiary/aromatic N) is 2. The quantitative estimate of drug-likeness (QED) is 0.437. The average Bonchev–Trinajstić information content (AvgIpc) is 2.72. The minimum Gasteiger partial charge on any atom is -0.240 e. The SMILES string of the molecule is CC(C)CCCCCCCCCn1cc[n+](C)c1. The molecule has 2 heteroatoms. The van der Waals surface area contributed by atoms with Crippen molar-refractivity contribution in [3.05, 3.63) is 18.7 Å². The Hall–Kier alpha value is -0.790. The highest BCUT2D eigenvalue weighted by Gasteiger charge is 1.99. The molecule has 1 aromatic rings. The average molecular weight is 251 g/mol. The van der Waals surface area contributed by atoms with Gasteiger partial charge in [0.05, 0.1) is 13.6 Å². The number of unbranched alkanes of at least 4 members (excludes halogenated alkanes) is 6. The predicted octanol–water partition coefficient (Wildman–Crippen LogP) is 4.09. The van der Waals surface area contributed by atoms with Gasteiger partial charge in [-0.05, 0) is 18.8 Å². The molecule has 0 saturated carbocycles. The van der Waals surface area contributed by atoms with Crippen molar-refractivity contribution in [2.75, 3.05) is 0 Å². The Morgan fingerprint density at radius 3 is 2.11 bits per heavy atom. The van der Waals surface area contributed by atoms with Crippen LogP contribution in [0.15, 0.2) is 18.7 Å². The summed E-state index contributed by atoms with van der Waals surface area (Å²) < 4.78 is 4.39. The molecule has 1 rings (SSSR count). The summed E-state index contributed by atoms with van der Waals surface area (Å²) in [5.74, 6) is 0.882. The highest BCUT2D eigenvalue weighted by Crippen LogP contribution is 2.12. The summed E-state index contributed by atoms with van der Waals surface area (Å²) in [4.78, 5) is 0. The van der Waals surface area contributed by atoms with Gasteiger partial charge < -0.3 is 0 Å². The van der Waals surface area contributed by atoms with E-state index < -0.39 is 0 Å². The maximum Gasteiger partial charge on any atom is 0.243 e. The summed E-state index contributed by atoms with van der Waals surface area (Å²) in [7, 11) is 2.08. The van der Waals surface area contributed by atoms with Crippen LogP contribution in [0.5, 0.6) is 0 Å². The fraction of sp³-hybridized carbons (Fsp3) is 0.812. The molecular formula is C16H31N2+. The van der Waals surface area contributed by atoms with E-state index >= 15 is 0 Å². The van der Waals surface area contributed by atoms with E-state index in [1.807, 2.05) is 0 Å². The van der Waals surface area contributed by atoms with Gasteiger partial charge in [0.1, 0.15) is 12.4 Å².